The number of ether oxygens (including phenoxy) is 6. The Morgan fingerprint density at radius 3 is 2.21 bits per heavy atom. The van der Waals surface area contributed by atoms with Crippen LogP contribution in [0.3, 0.4) is 0 Å². The Kier molecular flexibility index (Phi) is 18.0. The van der Waals surface area contributed by atoms with Crippen molar-refractivity contribution in [3.63, 3.8) is 0 Å². The quantitative estimate of drug-likeness (QED) is 0.151. The van der Waals surface area contributed by atoms with E-state index < -0.39 is 77.8 Å². The smallest absolute Gasteiger partial charge is 0.329 e. The number of allylic oxidation sites excluding steroid dienone is 3. The maximum absolute atomic E-state index is 14.5. The number of carbonyl (C=O) groups excluding carboxylic acids is 4. The van der Waals surface area contributed by atoms with Crippen LogP contribution >= 0.6 is 0 Å². The van der Waals surface area contributed by atoms with Crippen molar-refractivity contribution in [1.82, 2.24) is 4.90 Å². The highest BCUT2D eigenvalue weighted by atomic mass is 16.7. The number of hydrogen-bond acceptors (Lipinski definition) is 13. The van der Waals surface area contributed by atoms with Gasteiger partial charge < -0.3 is 48.6 Å². The number of nitrogens with zero attached hydrogens (tertiary/aromatic N) is 1. The number of aromatic hydroxyl groups is 1. The number of benzene rings is 1. The third-order valence-corrected chi connectivity index (χ3v) is 14.0. The van der Waals surface area contributed by atoms with E-state index in [9.17, 15) is 34.5 Å². The summed E-state index contributed by atoms with van der Waals surface area (Å²) in [4.78, 5) is 58.2. The zero-order valence-corrected chi connectivity index (χ0v) is 38.8. The molecular weight excluding hydrogens is 811 g/mol. The largest absolute Gasteiger partial charge is 0.508 e. The molecule has 5 rings (SSSR count). The number of cyclic esters (lactones) is 1. The number of ketones is 2. The number of hydrogen-bond donors (Lipinski definition) is 3. The Morgan fingerprint density at radius 2 is 1.56 bits per heavy atom. The van der Waals surface area contributed by atoms with Crippen molar-refractivity contribution in [2.45, 2.75) is 167 Å². The van der Waals surface area contributed by atoms with Crippen molar-refractivity contribution >= 4 is 23.4 Å². The van der Waals surface area contributed by atoms with Crippen molar-refractivity contribution in [3.8, 4) is 11.5 Å². The Balaban J connectivity index is 1.48. The van der Waals surface area contributed by atoms with Crippen LogP contribution in [0.2, 0.25) is 0 Å². The zero-order chi connectivity index (χ0) is 46.2. The molecule has 1 aromatic rings. The summed E-state index contributed by atoms with van der Waals surface area (Å²) in [5.41, 5.74) is 1.66. The normalized spacial score (nSPS) is 38.1. The standard InChI is InChI=1S/C49H73NO13/c1-10-34-22-28(2)21-29(3)23-42(59-8)45-43(60-9)25-31(5)49(57,63-45)46(54)47(55)50-20-12-11-13-37(50)48(56)62-44(32(6)38(52)27-39(34)53)30(4)24-33-14-19-40(41(26-33)58-7)61-36-17-15-35(51)16-18-36/h15-18,22,24,29,31-34,37-38,40-45,51-52,57H,10-14,19-21,23,25-27H2,1-9H3/b28-22+,30-24?. The molecule has 4 aliphatic rings. The van der Waals surface area contributed by atoms with Gasteiger partial charge in [-0.25, -0.2) is 4.79 Å². The molecule has 2 saturated heterocycles. The highest BCUT2D eigenvalue weighted by molar-refractivity contribution is 6.39. The first-order chi connectivity index (χ1) is 29.9. The molecule has 3 aliphatic heterocycles. The topological polar surface area (TPSA) is 188 Å². The van der Waals surface area contributed by atoms with Crippen molar-refractivity contribution < 1.29 is 62.9 Å². The summed E-state index contributed by atoms with van der Waals surface area (Å²) < 4.78 is 36.5. The lowest BCUT2D eigenvalue weighted by Gasteiger charge is -2.47. The molecule has 1 amide bonds. The summed E-state index contributed by atoms with van der Waals surface area (Å²) in [6.07, 6.45) is 4.29. The molecule has 3 heterocycles. The van der Waals surface area contributed by atoms with Crippen molar-refractivity contribution in [3.05, 3.63) is 47.6 Å². The lowest BCUT2D eigenvalue weighted by molar-refractivity contribution is -0.302. The second kappa shape index (κ2) is 22.5. The predicted octanol–water partition coefficient (Wildman–Crippen LogP) is 6.27. The molecule has 14 nitrogen and oxygen atoms in total. The van der Waals surface area contributed by atoms with Crippen LogP contribution in [-0.4, -0.2) is 126 Å². The minimum Gasteiger partial charge on any atom is -0.508 e. The first-order valence-corrected chi connectivity index (χ1v) is 23.0. The summed E-state index contributed by atoms with van der Waals surface area (Å²) >= 11 is 0. The van der Waals surface area contributed by atoms with E-state index in [-0.39, 0.29) is 61.4 Å². The number of aliphatic hydroxyl groups excluding tert-OH is 1. The molecule has 3 fully saturated rings. The molecule has 352 valence electrons. The van der Waals surface area contributed by atoms with Gasteiger partial charge in [0.05, 0.1) is 24.4 Å². The van der Waals surface area contributed by atoms with E-state index in [4.69, 9.17) is 28.4 Å². The number of Topliss-reactive ketones (excluding diaryl/α,β-unsaturated/α-hetero) is 2. The number of phenols is 1. The van der Waals surface area contributed by atoms with Crippen LogP contribution in [0.1, 0.15) is 112 Å². The number of piperidine rings is 1. The molecule has 3 N–H and O–H groups in total. The van der Waals surface area contributed by atoms with E-state index in [1.807, 2.05) is 32.9 Å². The lowest BCUT2D eigenvalue weighted by atomic mass is 9.81. The molecule has 14 atom stereocenters. The van der Waals surface area contributed by atoms with Crippen LogP contribution in [-0.2, 0) is 42.9 Å². The van der Waals surface area contributed by atoms with Crippen LogP contribution in [0.4, 0.5) is 0 Å². The Hall–Kier alpha value is -3.66. The van der Waals surface area contributed by atoms with Gasteiger partial charge in [-0.3, -0.25) is 14.4 Å². The molecule has 63 heavy (non-hydrogen) atoms. The van der Waals surface area contributed by atoms with Crippen LogP contribution in [0, 0.1) is 29.6 Å². The average Bonchev–Trinajstić information content (AvgIpc) is 3.27. The molecule has 1 saturated carbocycles. The van der Waals surface area contributed by atoms with Gasteiger partial charge in [0.1, 0.15) is 41.6 Å². The van der Waals surface area contributed by atoms with E-state index in [1.165, 1.54) is 19.1 Å². The molecule has 0 radical (unpaired) electrons. The van der Waals surface area contributed by atoms with Gasteiger partial charge in [-0.2, -0.15) is 0 Å². The Labute approximate surface area is 373 Å². The van der Waals surface area contributed by atoms with E-state index in [1.54, 1.807) is 45.2 Å². The van der Waals surface area contributed by atoms with Gasteiger partial charge >= 0.3 is 5.97 Å². The average molecular weight is 884 g/mol. The van der Waals surface area contributed by atoms with Crippen LogP contribution < -0.4 is 4.74 Å². The maximum Gasteiger partial charge on any atom is 0.329 e. The van der Waals surface area contributed by atoms with Gasteiger partial charge in [-0.1, -0.05) is 45.4 Å². The Morgan fingerprint density at radius 1 is 0.889 bits per heavy atom. The molecule has 14 heteroatoms. The molecule has 0 aromatic heterocycles. The predicted molar refractivity (Wildman–Crippen MR) is 235 cm³/mol. The molecule has 1 aromatic carbocycles. The number of esters is 1. The number of aliphatic hydroxyl groups is 2. The van der Waals surface area contributed by atoms with E-state index in [2.05, 4.69) is 6.92 Å². The molecule has 2 bridgehead atoms. The van der Waals surface area contributed by atoms with Gasteiger partial charge in [0.25, 0.3) is 11.7 Å². The fourth-order valence-electron chi connectivity index (χ4n) is 10.2. The van der Waals surface area contributed by atoms with Crippen molar-refractivity contribution in [1.29, 1.82) is 0 Å². The molecule has 0 spiro atoms. The van der Waals surface area contributed by atoms with Crippen LogP contribution in [0.15, 0.2) is 47.6 Å². The minimum atomic E-state index is -2.51. The summed E-state index contributed by atoms with van der Waals surface area (Å²) in [6, 6.07) is 5.41. The first-order valence-electron chi connectivity index (χ1n) is 23.0. The third kappa shape index (κ3) is 12.2. The van der Waals surface area contributed by atoms with E-state index in [0.29, 0.717) is 56.3 Å². The summed E-state index contributed by atoms with van der Waals surface area (Å²) in [5.74, 6) is -6.82. The van der Waals surface area contributed by atoms with Crippen LogP contribution in [0.5, 0.6) is 11.5 Å². The van der Waals surface area contributed by atoms with Gasteiger partial charge in [-0.05, 0) is 120 Å². The monoisotopic (exact) mass is 884 g/mol. The highest BCUT2D eigenvalue weighted by Crippen LogP contribution is 2.39. The van der Waals surface area contributed by atoms with Gasteiger partial charge in [0.2, 0.25) is 5.79 Å². The Bertz CT molecular complexity index is 1780. The van der Waals surface area contributed by atoms with Gasteiger partial charge in [0, 0.05) is 52.0 Å². The van der Waals surface area contributed by atoms with Crippen molar-refractivity contribution in [2.75, 3.05) is 27.9 Å². The zero-order valence-electron chi connectivity index (χ0n) is 38.8. The van der Waals surface area contributed by atoms with E-state index >= 15 is 0 Å². The number of phenolic OH excluding ortho intramolecular Hbond substituents is 1. The fourth-order valence-corrected chi connectivity index (χ4v) is 10.2. The number of rotatable bonds is 8. The molecular formula is C49H73NO13. The van der Waals surface area contributed by atoms with E-state index in [0.717, 1.165) is 12.0 Å². The van der Waals surface area contributed by atoms with Gasteiger partial charge in [0.15, 0.2) is 0 Å². The number of fused-ring (bicyclic) bond motifs is 3. The first kappa shape index (κ1) is 50.3. The number of amides is 1. The second-order valence-corrected chi connectivity index (χ2v) is 18.7. The molecule has 14 unspecified atom stereocenters. The summed E-state index contributed by atoms with van der Waals surface area (Å²) in [6.45, 7) is 11.3. The number of carbonyl (C=O) groups is 4. The highest BCUT2D eigenvalue weighted by Gasteiger charge is 2.56. The third-order valence-electron chi connectivity index (χ3n) is 14.0. The van der Waals surface area contributed by atoms with Gasteiger partial charge in [-0.15, -0.1) is 0 Å². The molecule has 1 aliphatic carbocycles. The maximum atomic E-state index is 14.5. The SMILES string of the molecule is CCC1/C=C(\C)CC(C)CC(OC)C2OC(O)(C(=O)C(=O)N3CCCCC3C(=O)OC(C(C)=CC3CCC(Oc4ccc(O)cc4)C(OC)C3)C(C)C(O)CC1=O)C(C)CC2OC. The minimum absolute atomic E-state index is 0.00717. The van der Waals surface area contributed by atoms with Crippen molar-refractivity contribution in [2.24, 2.45) is 29.6 Å². The fraction of sp³-hybridized carbons (Fsp3) is 0.714. The lowest BCUT2D eigenvalue weighted by Crippen LogP contribution is -2.64. The second-order valence-electron chi connectivity index (χ2n) is 18.7. The number of methoxy groups -OCH3 is 3. The van der Waals surface area contributed by atoms with Crippen LogP contribution in [0.25, 0.3) is 0 Å². The summed E-state index contributed by atoms with van der Waals surface area (Å²) in [7, 11) is 4.70. The summed E-state index contributed by atoms with van der Waals surface area (Å²) in [5, 5.41) is 33.6.